The highest BCUT2D eigenvalue weighted by molar-refractivity contribution is 4.67. The van der Waals surface area contributed by atoms with Crippen LogP contribution in [-0.4, -0.2) is 25.9 Å². The molecule has 0 spiro atoms. The lowest BCUT2D eigenvalue weighted by Crippen LogP contribution is -1.98. The fourth-order valence-electron chi connectivity index (χ4n) is 1.13. The highest BCUT2D eigenvalue weighted by Gasteiger charge is 2.20. The van der Waals surface area contributed by atoms with Crippen LogP contribution in [0.5, 0.6) is 0 Å². The molecule has 1 radical (unpaired) electrons. The van der Waals surface area contributed by atoms with Crippen molar-refractivity contribution in [3.05, 3.63) is 6.92 Å². The minimum Gasteiger partial charge on any atom is -0.381 e. The van der Waals surface area contributed by atoms with Crippen molar-refractivity contribution in [3.63, 3.8) is 0 Å². The monoisotopic (exact) mass is 171 g/mol. The van der Waals surface area contributed by atoms with Crippen LogP contribution in [0.4, 0.5) is 0 Å². The van der Waals surface area contributed by atoms with Gasteiger partial charge in [0.1, 0.15) is 0 Å². The fourth-order valence-corrected chi connectivity index (χ4v) is 1.13. The molecule has 0 bridgehead atoms. The lowest BCUT2D eigenvalue weighted by atomic mass is 10.2. The van der Waals surface area contributed by atoms with Crippen molar-refractivity contribution < 1.29 is 9.47 Å². The van der Waals surface area contributed by atoms with Crippen molar-refractivity contribution in [3.8, 4) is 0 Å². The zero-order valence-electron chi connectivity index (χ0n) is 7.76. The number of unbranched alkanes of at least 4 members (excludes halogenated alkanes) is 2. The Hall–Kier alpha value is -0.0800. The Kier molecular flexibility index (Phi) is 5.37. The Labute approximate surface area is 75.2 Å². The first-order chi connectivity index (χ1) is 5.93. The lowest BCUT2D eigenvalue weighted by Gasteiger charge is -2.01. The SMILES string of the molecule is [CH2]CCCCOCCCC1CO1. The van der Waals surface area contributed by atoms with E-state index < -0.39 is 0 Å². The van der Waals surface area contributed by atoms with E-state index >= 15 is 0 Å². The molecule has 71 valence electrons. The van der Waals surface area contributed by atoms with E-state index in [2.05, 4.69) is 6.92 Å². The van der Waals surface area contributed by atoms with Gasteiger partial charge in [0.2, 0.25) is 0 Å². The molecule has 0 saturated carbocycles. The number of ether oxygens (including phenoxy) is 2. The Morgan fingerprint density at radius 1 is 1.25 bits per heavy atom. The van der Waals surface area contributed by atoms with E-state index in [0.29, 0.717) is 6.10 Å². The molecular formula is C10H19O2. The molecule has 1 saturated heterocycles. The minimum absolute atomic E-state index is 0.563. The first-order valence-corrected chi connectivity index (χ1v) is 4.92. The van der Waals surface area contributed by atoms with E-state index in [4.69, 9.17) is 9.47 Å². The van der Waals surface area contributed by atoms with Crippen LogP contribution < -0.4 is 0 Å². The predicted octanol–water partition coefficient (Wildman–Crippen LogP) is 2.19. The summed E-state index contributed by atoms with van der Waals surface area (Å²) in [6.07, 6.45) is 6.26. The quantitative estimate of drug-likeness (QED) is 0.412. The Balaban J connectivity index is 1.65. The summed E-state index contributed by atoms with van der Waals surface area (Å²) in [6.45, 7) is 6.56. The van der Waals surface area contributed by atoms with Crippen LogP contribution >= 0.6 is 0 Å². The Bertz CT molecular complexity index is 100. The summed E-state index contributed by atoms with van der Waals surface area (Å²) in [5, 5.41) is 0. The van der Waals surface area contributed by atoms with Gasteiger partial charge in [-0.05, 0) is 19.3 Å². The molecule has 0 amide bonds. The summed E-state index contributed by atoms with van der Waals surface area (Å²) in [6, 6.07) is 0. The van der Waals surface area contributed by atoms with Gasteiger partial charge in [0.05, 0.1) is 12.7 Å². The molecule has 2 heteroatoms. The van der Waals surface area contributed by atoms with Crippen molar-refractivity contribution >= 4 is 0 Å². The number of hydrogen-bond donors (Lipinski definition) is 0. The Morgan fingerprint density at radius 3 is 2.67 bits per heavy atom. The maximum atomic E-state index is 5.43. The topological polar surface area (TPSA) is 21.8 Å². The smallest absolute Gasteiger partial charge is 0.0810 e. The fraction of sp³-hybridized carbons (Fsp3) is 0.900. The summed E-state index contributed by atoms with van der Waals surface area (Å²) in [4.78, 5) is 0. The van der Waals surface area contributed by atoms with Crippen molar-refractivity contribution in [2.24, 2.45) is 0 Å². The Morgan fingerprint density at radius 2 is 2.00 bits per heavy atom. The number of hydrogen-bond acceptors (Lipinski definition) is 2. The van der Waals surface area contributed by atoms with Crippen LogP contribution in [0, 0.1) is 6.92 Å². The van der Waals surface area contributed by atoms with Gasteiger partial charge in [-0.1, -0.05) is 19.8 Å². The van der Waals surface area contributed by atoms with Crippen molar-refractivity contribution in [2.75, 3.05) is 19.8 Å². The first-order valence-electron chi connectivity index (χ1n) is 4.92. The second kappa shape index (κ2) is 6.44. The summed E-state index contributed by atoms with van der Waals surface area (Å²) in [7, 11) is 0. The van der Waals surface area contributed by atoms with Crippen LogP contribution in [0.2, 0.25) is 0 Å². The van der Waals surface area contributed by atoms with Gasteiger partial charge in [0.15, 0.2) is 0 Å². The third-order valence-corrected chi connectivity index (χ3v) is 2.01. The van der Waals surface area contributed by atoms with Crippen LogP contribution in [0.25, 0.3) is 0 Å². The van der Waals surface area contributed by atoms with Gasteiger partial charge in [0.25, 0.3) is 0 Å². The van der Waals surface area contributed by atoms with E-state index in [1.165, 1.54) is 12.8 Å². The second-order valence-corrected chi connectivity index (χ2v) is 3.27. The zero-order valence-corrected chi connectivity index (χ0v) is 7.76. The molecular weight excluding hydrogens is 152 g/mol. The zero-order chi connectivity index (χ0) is 8.65. The summed E-state index contributed by atoms with van der Waals surface area (Å²) in [5.41, 5.74) is 0. The van der Waals surface area contributed by atoms with Crippen LogP contribution in [-0.2, 0) is 9.47 Å². The molecule has 1 aliphatic rings. The number of rotatable bonds is 8. The molecule has 0 aromatic heterocycles. The predicted molar refractivity (Wildman–Crippen MR) is 49.0 cm³/mol. The van der Waals surface area contributed by atoms with Crippen LogP contribution in [0.3, 0.4) is 0 Å². The average molecular weight is 171 g/mol. The minimum atomic E-state index is 0.563. The molecule has 1 fully saturated rings. The highest BCUT2D eigenvalue weighted by Crippen LogP contribution is 2.14. The molecule has 1 rings (SSSR count). The average Bonchev–Trinajstić information content (AvgIpc) is 2.87. The third kappa shape index (κ3) is 5.56. The normalized spacial score (nSPS) is 21.2. The van der Waals surface area contributed by atoms with Gasteiger partial charge in [-0.25, -0.2) is 0 Å². The van der Waals surface area contributed by atoms with E-state index in [9.17, 15) is 0 Å². The summed E-state index contributed by atoms with van der Waals surface area (Å²) >= 11 is 0. The van der Waals surface area contributed by atoms with Gasteiger partial charge < -0.3 is 9.47 Å². The third-order valence-electron chi connectivity index (χ3n) is 2.01. The maximum absolute atomic E-state index is 5.43. The van der Waals surface area contributed by atoms with E-state index in [1.54, 1.807) is 0 Å². The number of epoxide rings is 1. The van der Waals surface area contributed by atoms with Crippen LogP contribution in [0.1, 0.15) is 32.1 Å². The van der Waals surface area contributed by atoms with Crippen molar-refractivity contribution in [1.29, 1.82) is 0 Å². The largest absolute Gasteiger partial charge is 0.381 e. The molecule has 0 N–H and O–H groups in total. The lowest BCUT2D eigenvalue weighted by molar-refractivity contribution is 0.125. The molecule has 0 aliphatic carbocycles. The van der Waals surface area contributed by atoms with Crippen molar-refractivity contribution in [2.45, 2.75) is 38.2 Å². The van der Waals surface area contributed by atoms with Gasteiger partial charge in [-0.2, -0.15) is 0 Å². The van der Waals surface area contributed by atoms with E-state index in [0.717, 1.165) is 39.1 Å². The van der Waals surface area contributed by atoms with Crippen molar-refractivity contribution in [1.82, 2.24) is 0 Å². The second-order valence-electron chi connectivity index (χ2n) is 3.27. The van der Waals surface area contributed by atoms with Crippen LogP contribution in [0.15, 0.2) is 0 Å². The van der Waals surface area contributed by atoms with Gasteiger partial charge in [0, 0.05) is 13.2 Å². The maximum Gasteiger partial charge on any atom is 0.0810 e. The molecule has 12 heavy (non-hydrogen) atoms. The molecule has 1 atom stereocenters. The van der Waals surface area contributed by atoms with Gasteiger partial charge in [-0.3, -0.25) is 0 Å². The standard InChI is InChI=1S/C10H19O2/c1-2-3-4-7-11-8-5-6-10-9-12-10/h10H,1-9H2. The molecule has 1 heterocycles. The highest BCUT2D eigenvalue weighted by atomic mass is 16.6. The van der Waals surface area contributed by atoms with Gasteiger partial charge >= 0.3 is 0 Å². The molecule has 2 nitrogen and oxygen atoms in total. The molecule has 1 aliphatic heterocycles. The molecule has 1 unspecified atom stereocenters. The van der Waals surface area contributed by atoms with E-state index in [-0.39, 0.29) is 0 Å². The molecule has 0 aromatic carbocycles. The summed E-state index contributed by atoms with van der Waals surface area (Å²) < 4.78 is 10.5. The summed E-state index contributed by atoms with van der Waals surface area (Å²) in [5.74, 6) is 0. The molecule has 0 aromatic rings. The first kappa shape index (κ1) is 10.0. The van der Waals surface area contributed by atoms with Gasteiger partial charge in [-0.15, -0.1) is 0 Å². The van der Waals surface area contributed by atoms with E-state index in [1.807, 2.05) is 0 Å².